The number of benzene rings is 1. The van der Waals surface area contributed by atoms with Gasteiger partial charge < -0.3 is 15.5 Å². The van der Waals surface area contributed by atoms with Crippen molar-refractivity contribution in [1.82, 2.24) is 15.5 Å². The van der Waals surface area contributed by atoms with Crippen LogP contribution < -0.4 is 10.6 Å². The molecule has 0 saturated carbocycles. The quantitative estimate of drug-likeness (QED) is 0.367. The average Bonchev–Trinajstić information content (AvgIpc) is 2.57. The van der Waals surface area contributed by atoms with E-state index in [0.717, 1.165) is 31.9 Å². The molecule has 0 aliphatic rings. The number of hydrogen-bond donors (Lipinski definition) is 2. The predicted octanol–water partition coefficient (Wildman–Crippen LogP) is 2.79. The van der Waals surface area contributed by atoms with Gasteiger partial charge in [0.05, 0.1) is 0 Å². The van der Waals surface area contributed by atoms with Crippen molar-refractivity contribution in [3.8, 4) is 0 Å². The van der Waals surface area contributed by atoms with Crippen LogP contribution in [-0.4, -0.2) is 43.4 Å². The standard InChI is InChI=1S/C18H30N4O.HI/c1-5-12-20-17(23)13-21-18(19-7-3)22(4)14-16-10-8-15(6-2)9-11-16;/h8-11H,5-7,12-14H2,1-4H3,(H,19,21)(H,20,23);1H. The molecule has 5 nitrogen and oxygen atoms in total. The van der Waals surface area contributed by atoms with Crippen LogP contribution in [0, 0.1) is 0 Å². The van der Waals surface area contributed by atoms with Crippen LogP contribution in [-0.2, 0) is 17.8 Å². The Bertz CT molecular complexity index is 502. The van der Waals surface area contributed by atoms with E-state index >= 15 is 0 Å². The number of nitrogens with zero attached hydrogens (tertiary/aromatic N) is 2. The van der Waals surface area contributed by atoms with Gasteiger partial charge in [-0.05, 0) is 30.9 Å². The normalized spacial score (nSPS) is 10.8. The van der Waals surface area contributed by atoms with Gasteiger partial charge in [0.1, 0.15) is 6.54 Å². The fourth-order valence-electron chi connectivity index (χ4n) is 2.17. The lowest BCUT2D eigenvalue weighted by molar-refractivity contribution is -0.119. The zero-order chi connectivity index (χ0) is 17.1. The molecule has 1 aromatic carbocycles. The van der Waals surface area contributed by atoms with Crippen LogP contribution in [0.15, 0.2) is 29.3 Å². The van der Waals surface area contributed by atoms with Crippen LogP contribution in [0.4, 0.5) is 0 Å². The van der Waals surface area contributed by atoms with Gasteiger partial charge in [-0.2, -0.15) is 0 Å². The first-order valence-corrected chi connectivity index (χ1v) is 8.44. The molecule has 0 aliphatic heterocycles. The first kappa shape index (κ1) is 22.7. The second-order valence-corrected chi connectivity index (χ2v) is 5.55. The minimum Gasteiger partial charge on any atom is -0.357 e. The van der Waals surface area contributed by atoms with Gasteiger partial charge in [-0.3, -0.25) is 4.79 Å². The molecule has 0 aromatic heterocycles. The Morgan fingerprint density at radius 1 is 1.08 bits per heavy atom. The molecule has 1 amide bonds. The summed E-state index contributed by atoms with van der Waals surface area (Å²) in [6.07, 6.45) is 1.98. The highest BCUT2D eigenvalue weighted by molar-refractivity contribution is 14.0. The van der Waals surface area contributed by atoms with Crippen molar-refractivity contribution in [2.45, 2.75) is 40.2 Å². The highest BCUT2D eigenvalue weighted by Crippen LogP contribution is 2.07. The highest BCUT2D eigenvalue weighted by Gasteiger charge is 2.08. The summed E-state index contributed by atoms with van der Waals surface area (Å²) in [7, 11) is 1.99. The molecule has 0 saturated heterocycles. The minimum absolute atomic E-state index is 0. The Balaban J connectivity index is 0.00000529. The number of aryl methyl sites for hydroxylation is 1. The number of aliphatic imine (C=N–C) groups is 1. The predicted molar refractivity (Wildman–Crippen MR) is 112 cm³/mol. The second-order valence-electron chi connectivity index (χ2n) is 5.55. The van der Waals surface area contributed by atoms with Crippen molar-refractivity contribution < 1.29 is 4.79 Å². The maximum Gasteiger partial charge on any atom is 0.241 e. The van der Waals surface area contributed by atoms with Gasteiger partial charge in [0, 0.05) is 26.7 Å². The average molecular weight is 446 g/mol. The number of halogens is 1. The van der Waals surface area contributed by atoms with Gasteiger partial charge >= 0.3 is 0 Å². The Labute approximate surface area is 163 Å². The fraction of sp³-hybridized carbons (Fsp3) is 0.556. The maximum absolute atomic E-state index is 11.7. The summed E-state index contributed by atoms with van der Waals surface area (Å²) in [5.41, 5.74) is 2.57. The summed E-state index contributed by atoms with van der Waals surface area (Å²) in [4.78, 5) is 18.2. The van der Waals surface area contributed by atoms with Gasteiger partial charge in [-0.15, -0.1) is 24.0 Å². The van der Waals surface area contributed by atoms with E-state index in [0.29, 0.717) is 6.54 Å². The Morgan fingerprint density at radius 3 is 2.25 bits per heavy atom. The smallest absolute Gasteiger partial charge is 0.241 e. The van der Waals surface area contributed by atoms with E-state index in [4.69, 9.17) is 0 Å². The molecule has 24 heavy (non-hydrogen) atoms. The van der Waals surface area contributed by atoms with Crippen LogP contribution in [0.3, 0.4) is 0 Å². The molecule has 136 valence electrons. The molecule has 1 rings (SSSR count). The van der Waals surface area contributed by atoms with Crippen LogP contribution in [0.1, 0.15) is 38.3 Å². The van der Waals surface area contributed by atoms with E-state index in [1.54, 1.807) is 0 Å². The molecular weight excluding hydrogens is 415 g/mol. The molecule has 0 unspecified atom stereocenters. The highest BCUT2D eigenvalue weighted by atomic mass is 127. The number of hydrogen-bond acceptors (Lipinski definition) is 2. The third-order valence-corrected chi connectivity index (χ3v) is 3.49. The van der Waals surface area contributed by atoms with Crippen LogP contribution in [0.5, 0.6) is 0 Å². The van der Waals surface area contributed by atoms with E-state index in [-0.39, 0.29) is 36.4 Å². The Kier molecular flexibility index (Phi) is 12.3. The second kappa shape index (κ2) is 13.0. The van der Waals surface area contributed by atoms with Crippen LogP contribution >= 0.6 is 24.0 Å². The largest absolute Gasteiger partial charge is 0.357 e. The van der Waals surface area contributed by atoms with Crippen molar-refractivity contribution in [2.75, 3.05) is 26.7 Å². The monoisotopic (exact) mass is 446 g/mol. The van der Waals surface area contributed by atoms with E-state index < -0.39 is 0 Å². The third-order valence-electron chi connectivity index (χ3n) is 3.49. The number of guanidine groups is 1. The SMILES string of the molecule is CCCNC(=O)CN=C(NCC)N(C)Cc1ccc(CC)cc1.I. The summed E-state index contributed by atoms with van der Waals surface area (Å²) in [6, 6.07) is 8.61. The number of amides is 1. The van der Waals surface area contributed by atoms with Gasteiger partial charge in [0.25, 0.3) is 0 Å². The molecule has 0 fully saturated rings. The molecule has 0 heterocycles. The minimum atomic E-state index is -0.0389. The van der Waals surface area contributed by atoms with Crippen molar-refractivity contribution in [1.29, 1.82) is 0 Å². The van der Waals surface area contributed by atoms with E-state index in [2.05, 4.69) is 46.8 Å². The first-order chi connectivity index (χ1) is 11.1. The molecular formula is C18H31IN4O. The number of rotatable bonds is 8. The maximum atomic E-state index is 11.7. The lowest BCUT2D eigenvalue weighted by Crippen LogP contribution is -2.39. The Morgan fingerprint density at radius 2 is 1.71 bits per heavy atom. The lowest BCUT2D eigenvalue weighted by atomic mass is 10.1. The number of carbonyl (C=O) groups excluding carboxylic acids is 1. The molecule has 0 bridgehead atoms. The number of nitrogens with one attached hydrogen (secondary N) is 2. The fourth-order valence-corrected chi connectivity index (χ4v) is 2.17. The summed E-state index contributed by atoms with van der Waals surface area (Å²) in [5.74, 6) is 0.710. The molecule has 0 spiro atoms. The molecule has 0 aliphatic carbocycles. The van der Waals surface area contributed by atoms with Crippen LogP contribution in [0.2, 0.25) is 0 Å². The molecule has 2 N–H and O–H groups in total. The summed E-state index contributed by atoms with van der Waals surface area (Å²) >= 11 is 0. The van der Waals surface area contributed by atoms with Gasteiger partial charge in [0.2, 0.25) is 5.91 Å². The topological polar surface area (TPSA) is 56.7 Å². The zero-order valence-corrected chi connectivity index (χ0v) is 17.6. The summed E-state index contributed by atoms with van der Waals surface area (Å²) < 4.78 is 0. The van der Waals surface area contributed by atoms with E-state index in [9.17, 15) is 4.79 Å². The number of carbonyl (C=O) groups is 1. The van der Waals surface area contributed by atoms with Crippen molar-refractivity contribution in [3.05, 3.63) is 35.4 Å². The van der Waals surface area contributed by atoms with Gasteiger partial charge in [-0.25, -0.2) is 4.99 Å². The molecule has 0 atom stereocenters. The first-order valence-electron chi connectivity index (χ1n) is 8.44. The zero-order valence-electron chi connectivity index (χ0n) is 15.3. The molecule has 1 aromatic rings. The Hall–Kier alpha value is -1.31. The lowest BCUT2D eigenvalue weighted by Gasteiger charge is -2.22. The van der Waals surface area contributed by atoms with Crippen molar-refractivity contribution in [2.24, 2.45) is 4.99 Å². The van der Waals surface area contributed by atoms with Crippen molar-refractivity contribution >= 4 is 35.8 Å². The van der Waals surface area contributed by atoms with E-state index in [1.807, 2.05) is 25.8 Å². The molecule has 0 radical (unpaired) electrons. The molecule has 6 heteroatoms. The van der Waals surface area contributed by atoms with E-state index in [1.165, 1.54) is 11.1 Å². The van der Waals surface area contributed by atoms with Crippen molar-refractivity contribution in [3.63, 3.8) is 0 Å². The van der Waals surface area contributed by atoms with Crippen LogP contribution in [0.25, 0.3) is 0 Å². The summed E-state index contributed by atoms with van der Waals surface area (Å²) in [5, 5.41) is 6.07. The van der Waals surface area contributed by atoms with Gasteiger partial charge in [0.15, 0.2) is 5.96 Å². The summed E-state index contributed by atoms with van der Waals surface area (Å²) in [6.45, 7) is 8.59. The van der Waals surface area contributed by atoms with Gasteiger partial charge in [-0.1, -0.05) is 38.1 Å². The third kappa shape index (κ3) is 8.52.